The van der Waals surface area contributed by atoms with E-state index in [1.54, 1.807) is 0 Å². The molecule has 0 saturated heterocycles. The Kier molecular flexibility index (Phi) is 1.60. The maximum atomic E-state index is 11.4. The molecule has 0 heterocycles. The van der Waals surface area contributed by atoms with Crippen molar-refractivity contribution >= 4 is 11.6 Å². The van der Waals surface area contributed by atoms with Crippen LogP contribution in [0.4, 0.5) is 0 Å². The number of hydrogen-bond donors (Lipinski definition) is 0. The Morgan fingerprint density at radius 1 is 1.42 bits per heavy atom. The van der Waals surface area contributed by atoms with E-state index in [0.29, 0.717) is 12.3 Å². The largest absolute Gasteiger partial charge is 0.299 e. The van der Waals surface area contributed by atoms with E-state index < -0.39 is 0 Å². The second-order valence-electron chi connectivity index (χ2n) is 4.28. The molecule has 0 aromatic carbocycles. The maximum absolute atomic E-state index is 11.4. The van der Waals surface area contributed by atoms with Gasteiger partial charge >= 0.3 is 0 Å². The van der Waals surface area contributed by atoms with E-state index in [1.165, 1.54) is 0 Å². The average Bonchev–Trinajstić information content (AvgIpc) is 2.22. The van der Waals surface area contributed by atoms with Crippen molar-refractivity contribution in [1.82, 2.24) is 0 Å². The number of Topliss-reactive ketones (excluding diaryl/α,β-unsaturated/α-hetero) is 2. The van der Waals surface area contributed by atoms with Gasteiger partial charge in [-0.3, -0.25) is 9.59 Å². The van der Waals surface area contributed by atoms with Gasteiger partial charge in [-0.1, -0.05) is 13.3 Å². The molecule has 2 nitrogen and oxygen atoms in total. The summed E-state index contributed by atoms with van der Waals surface area (Å²) in [6.45, 7) is 2.15. The fraction of sp³-hybridized carbons (Fsp3) is 0.800. The molecule has 2 heteroatoms. The molecule has 12 heavy (non-hydrogen) atoms. The first-order valence-corrected chi connectivity index (χ1v) is 4.71. The molecule has 0 atom stereocenters. The third-order valence-corrected chi connectivity index (χ3v) is 3.42. The lowest BCUT2D eigenvalue weighted by Gasteiger charge is -2.43. The van der Waals surface area contributed by atoms with Gasteiger partial charge in [0.25, 0.3) is 0 Å². The summed E-state index contributed by atoms with van der Waals surface area (Å²) in [7, 11) is 0. The fourth-order valence-electron chi connectivity index (χ4n) is 2.61. The first-order chi connectivity index (χ1) is 5.66. The van der Waals surface area contributed by atoms with Crippen molar-refractivity contribution in [1.29, 1.82) is 0 Å². The molecular formula is C10H14O2. The van der Waals surface area contributed by atoms with Crippen LogP contribution in [0.25, 0.3) is 0 Å². The normalized spacial score (nSPS) is 40.6. The highest BCUT2D eigenvalue weighted by Crippen LogP contribution is 2.53. The molecule has 0 unspecified atom stereocenters. The highest BCUT2D eigenvalue weighted by molar-refractivity contribution is 6.09. The molecule has 2 fully saturated rings. The minimum absolute atomic E-state index is 0.162. The van der Waals surface area contributed by atoms with Crippen molar-refractivity contribution in [3.63, 3.8) is 0 Å². The highest BCUT2D eigenvalue weighted by Gasteiger charge is 2.53. The van der Waals surface area contributed by atoms with E-state index in [1.807, 2.05) is 0 Å². The summed E-state index contributed by atoms with van der Waals surface area (Å²) in [4.78, 5) is 22.5. The summed E-state index contributed by atoms with van der Waals surface area (Å²) < 4.78 is 0. The highest BCUT2D eigenvalue weighted by atomic mass is 16.2. The van der Waals surface area contributed by atoms with Crippen molar-refractivity contribution in [2.24, 2.45) is 11.3 Å². The summed E-state index contributed by atoms with van der Waals surface area (Å²) >= 11 is 0. The first kappa shape index (κ1) is 7.96. The Bertz CT molecular complexity index is 236. The standard InChI is InChI=1S/C10H14O2/c1-2-7-4-10(5-7)6-8(11)3-9(10)12/h7H,2-6H2,1H3. The molecule has 2 saturated carbocycles. The Labute approximate surface area is 72.3 Å². The van der Waals surface area contributed by atoms with Crippen molar-refractivity contribution in [2.75, 3.05) is 0 Å². The van der Waals surface area contributed by atoms with Crippen LogP contribution in [0.3, 0.4) is 0 Å². The van der Waals surface area contributed by atoms with E-state index >= 15 is 0 Å². The molecule has 0 amide bonds. The van der Waals surface area contributed by atoms with Crippen LogP contribution in [0.15, 0.2) is 0 Å². The van der Waals surface area contributed by atoms with Gasteiger partial charge in [0.2, 0.25) is 0 Å². The summed E-state index contributed by atoms with van der Waals surface area (Å²) in [5, 5.41) is 0. The van der Waals surface area contributed by atoms with Crippen LogP contribution >= 0.6 is 0 Å². The summed E-state index contributed by atoms with van der Waals surface area (Å²) in [6, 6.07) is 0. The molecule has 2 aliphatic carbocycles. The first-order valence-electron chi connectivity index (χ1n) is 4.71. The van der Waals surface area contributed by atoms with E-state index in [2.05, 4.69) is 6.92 Å². The zero-order valence-corrected chi connectivity index (χ0v) is 7.43. The minimum atomic E-state index is -0.169. The lowest BCUT2D eigenvalue weighted by atomic mass is 9.60. The van der Waals surface area contributed by atoms with Crippen molar-refractivity contribution in [2.45, 2.75) is 39.0 Å². The predicted molar refractivity (Wildman–Crippen MR) is 44.7 cm³/mol. The van der Waals surface area contributed by atoms with Gasteiger partial charge in [0.1, 0.15) is 11.6 Å². The van der Waals surface area contributed by atoms with Gasteiger partial charge in [-0.05, 0) is 18.8 Å². The molecule has 66 valence electrons. The number of carbonyl (C=O) groups excluding carboxylic acids is 2. The van der Waals surface area contributed by atoms with Gasteiger partial charge in [-0.2, -0.15) is 0 Å². The quantitative estimate of drug-likeness (QED) is 0.556. The monoisotopic (exact) mass is 166 g/mol. The van der Waals surface area contributed by atoms with Gasteiger partial charge < -0.3 is 0 Å². The van der Waals surface area contributed by atoms with Gasteiger partial charge in [-0.15, -0.1) is 0 Å². The van der Waals surface area contributed by atoms with Crippen LogP contribution in [0.2, 0.25) is 0 Å². The third-order valence-electron chi connectivity index (χ3n) is 3.42. The number of ketones is 2. The molecule has 0 aromatic rings. The van der Waals surface area contributed by atoms with E-state index in [9.17, 15) is 9.59 Å². The van der Waals surface area contributed by atoms with Crippen molar-refractivity contribution in [3.8, 4) is 0 Å². The number of hydrogen-bond acceptors (Lipinski definition) is 2. The maximum Gasteiger partial charge on any atom is 0.146 e. The number of rotatable bonds is 1. The zero-order valence-electron chi connectivity index (χ0n) is 7.43. The van der Waals surface area contributed by atoms with Crippen molar-refractivity contribution in [3.05, 3.63) is 0 Å². The Balaban J connectivity index is 2.06. The molecule has 0 aliphatic heterocycles. The van der Waals surface area contributed by atoms with Crippen LogP contribution in [0, 0.1) is 11.3 Å². The Hall–Kier alpha value is -0.660. The summed E-state index contributed by atoms with van der Waals surface area (Å²) in [6.07, 6.45) is 3.88. The van der Waals surface area contributed by atoms with Gasteiger partial charge in [0.05, 0.1) is 6.42 Å². The average molecular weight is 166 g/mol. The summed E-state index contributed by atoms with van der Waals surface area (Å²) in [5.74, 6) is 1.09. The molecule has 2 rings (SSSR count). The van der Waals surface area contributed by atoms with Crippen LogP contribution in [0.5, 0.6) is 0 Å². The third kappa shape index (κ3) is 0.936. The minimum Gasteiger partial charge on any atom is -0.299 e. The SMILES string of the molecule is CCC1CC2(CC(=O)CC2=O)C1. The van der Waals surface area contributed by atoms with Crippen LogP contribution in [0.1, 0.15) is 39.0 Å². The predicted octanol–water partition coefficient (Wildman–Crippen LogP) is 1.72. The molecule has 0 N–H and O–H groups in total. The van der Waals surface area contributed by atoms with Gasteiger partial charge in [0, 0.05) is 11.8 Å². The van der Waals surface area contributed by atoms with Crippen LogP contribution in [-0.4, -0.2) is 11.6 Å². The van der Waals surface area contributed by atoms with E-state index in [4.69, 9.17) is 0 Å². The molecular weight excluding hydrogens is 152 g/mol. The Morgan fingerprint density at radius 3 is 2.50 bits per heavy atom. The fourth-order valence-corrected chi connectivity index (χ4v) is 2.61. The molecule has 0 radical (unpaired) electrons. The Morgan fingerprint density at radius 2 is 2.08 bits per heavy atom. The van der Waals surface area contributed by atoms with Gasteiger partial charge in [-0.25, -0.2) is 0 Å². The lowest BCUT2D eigenvalue weighted by molar-refractivity contribution is -0.133. The lowest BCUT2D eigenvalue weighted by Crippen LogP contribution is -2.40. The smallest absolute Gasteiger partial charge is 0.146 e. The molecule has 2 aliphatic rings. The second kappa shape index (κ2) is 2.41. The van der Waals surface area contributed by atoms with Gasteiger partial charge in [0.15, 0.2) is 0 Å². The van der Waals surface area contributed by atoms with E-state index in [0.717, 1.165) is 19.3 Å². The zero-order chi connectivity index (χ0) is 8.77. The van der Waals surface area contributed by atoms with E-state index in [-0.39, 0.29) is 23.4 Å². The van der Waals surface area contributed by atoms with Crippen LogP contribution < -0.4 is 0 Å². The topological polar surface area (TPSA) is 34.1 Å². The van der Waals surface area contributed by atoms with Crippen molar-refractivity contribution < 1.29 is 9.59 Å². The molecule has 0 aromatic heterocycles. The summed E-state index contributed by atoms with van der Waals surface area (Å²) in [5.41, 5.74) is -0.169. The number of carbonyl (C=O) groups is 2. The van der Waals surface area contributed by atoms with Crippen LogP contribution in [-0.2, 0) is 9.59 Å². The second-order valence-corrected chi connectivity index (χ2v) is 4.28. The molecule has 1 spiro atoms. The molecule has 0 bridgehead atoms.